The Labute approximate surface area is 92.0 Å². The predicted octanol–water partition coefficient (Wildman–Crippen LogP) is 0.139. The van der Waals surface area contributed by atoms with Crippen LogP contribution in [0, 0.1) is 11.8 Å². The Morgan fingerprint density at radius 1 is 1.50 bits per heavy atom. The fourth-order valence-electron chi connectivity index (χ4n) is 1.91. The zero-order valence-electron chi connectivity index (χ0n) is 9.28. The highest BCUT2D eigenvalue weighted by Crippen LogP contribution is 2.34. The normalized spacial score (nSPS) is 26.6. The second-order valence-corrected chi connectivity index (χ2v) is 4.53. The maximum atomic E-state index is 13.6. The fraction of sp³-hybridized carbons (Fsp3) is 0.700. The lowest BCUT2D eigenvalue weighted by atomic mass is 9.73. The number of rotatable bonds is 4. The topological polar surface area (TPSA) is 83.5 Å². The number of halogens is 1. The van der Waals surface area contributed by atoms with Crippen molar-refractivity contribution in [2.75, 3.05) is 0 Å². The molecule has 0 radical (unpaired) electrons. The molecule has 3 atom stereocenters. The van der Waals surface area contributed by atoms with Crippen molar-refractivity contribution in [3.63, 3.8) is 0 Å². The van der Waals surface area contributed by atoms with E-state index < -0.39 is 41.2 Å². The van der Waals surface area contributed by atoms with E-state index in [0.29, 0.717) is 0 Å². The van der Waals surface area contributed by atoms with Crippen molar-refractivity contribution in [2.24, 2.45) is 11.8 Å². The van der Waals surface area contributed by atoms with Gasteiger partial charge in [0.05, 0.1) is 12.0 Å². The van der Waals surface area contributed by atoms with Crippen LogP contribution in [-0.4, -0.2) is 34.5 Å². The first-order chi connectivity index (χ1) is 7.16. The van der Waals surface area contributed by atoms with E-state index in [1.165, 1.54) is 20.8 Å². The lowest BCUT2D eigenvalue weighted by Crippen LogP contribution is -2.67. The SMILES string of the molecule is CC(C(=O)C(=O)O)C1NC(=O)C1C(C)(C)F. The maximum absolute atomic E-state index is 13.6. The summed E-state index contributed by atoms with van der Waals surface area (Å²) in [5, 5.41) is 10.9. The number of alkyl halides is 1. The molecule has 16 heavy (non-hydrogen) atoms. The predicted molar refractivity (Wildman–Crippen MR) is 52.4 cm³/mol. The van der Waals surface area contributed by atoms with E-state index in [4.69, 9.17) is 5.11 Å². The fourth-order valence-corrected chi connectivity index (χ4v) is 1.91. The monoisotopic (exact) mass is 231 g/mol. The third-order valence-corrected chi connectivity index (χ3v) is 2.85. The summed E-state index contributed by atoms with van der Waals surface area (Å²) < 4.78 is 13.6. The average molecular weight is 231 g/mol. The molecule has 1 rings (SSSR count). The van der Waals surface area contributed by atoms with Crippen molar-refractivity contribution < 1.29 is 23.9 Å². The lowest BCUT2D eigenvalue weighted by molar-refractivity contribution is -0.156. The number of β-lactam (4-membered cyclic amide) rings is 1. The number of hydrogen-bond acceptors (Lipinski definition) is 3. The Kier molecular flexibility index (Phi) is 3.03. The summed E-state index contributed by atoms with van der Waals surface area (Å²) >= 11 is 0. The largest absolute Gasteiger partial charge is 0.475 e. The van der Waals surface area contributed by atoms with Crippen molar-refractivity contribution in [1.82, 2.24) is 5.32 Å². The zero-order chi connectivity index (χ0) is 12.7. The number of Topliss-reactive ketones (excluding diaryl/α,β-unsaturated/α-hetero) is 1. The molecule has 6 heteroatoms. The molecule has 0 aliphatic carbocycles. The molecule has 3 unspecified atom stereocenters. The van der Waals surface area contributed by atoms with Crippen LogP contribution in [0.1, 0.15) is 20.8 Å². The third-order valence-electron chi connectivity index (χ3n) is 2.85. The number of carbonyl (C=O) groups excluding carboxylic acids is 2. The van der Waals surface area contributed by atoms with Crippen LogP contribution in [0.25, 0.3) is 0 Å². The number of amides is 1. The molecule has 1 fully saturated rings. The van der Waals surface area contributed by atoms with E-state index in [2.05, 4.69) is 5.32 Å². The molecule has 90 valence electrons. The molecule has 0 bridgehead atoms. The third kappa shape index (κ3) is 2.05. The van der Waals surface area contributed by atoms with Crippen molar-refractivity contribution in [1.29, 1.82) is 0 Å². The van der Waals surface area contributed by atoms with Crippen LogP contribution in [0.15, 0.2) is 0 Å². The van der Waals surface area contributed by atoms with Crippen LogP contribution in [0.5, 0.6) is 0 Å². The first-order valence-corrected chi connectivity index (χ1v) is 4.92. The molecule has 1 heterocycles. The molecule has 1 amide bonds. The van der Waals surface area contributed by atoms with Gasteiger partial charge < -0.3 is 10.4 Å². The Morgan fingerprint density at radius 2 is 2.00 bits per heavy atom. The highest BCUT2D eigenvalue weighted by molar-refractivity contribution is 6.33. The van der Waals surface area contributed by atoms with Crippen LogP contribution in [0.4, 0.5) is 4.39 Å². The van der Waals surface area contributed by atoms with Crippen molar-refractivity contribution >= 4 is 17.7 Å². The van der Waals surface area contributed by atoms with E-state index >= 15 is 0 Å². The second-order valence-electron chi connectivity index (χ2n) is 4.53. The molecular formula is C10H14FNO4. The smallest absolute Gasteiger partial charge is 0.372 e. The molecule has 0 aromatic rings. The van der Waals surface area contributed by atoms with Gasteiger partial charge in [-0.2, -0.15) is 0 Å². The van der Waals surface area contributed by atoms with Crippen LogP contribution in [0.3, 0.4) is 0 Å². The van der Waals surface area contributed by atoms with Gasteiger partial charge >= 0.3 is 5.97 Å². The average Bonchev–Trinajstić information content (AvgIpc) is 2.08. The van der Waals surface area contributed by atoms with E-state index in [1.807, 2.05) is 0 Å². The highest BCUT2D eigenvalue weighted by atomic mass is 19.1. The molecule has 1 aliphatic heterocycles. The van der Waals surface area contributed by atoms with Crippen molar-refractivity contribution in [3.05, 3.63) is 0 Å². The summed E-state index contributed by atoms with van der Waals surface area (Å²) in [6.45, 7) is 3.85. The van der Waals surface area contributed by atoms with E-state index in [0.717, 1.165) is 0 Å². The van der Waals surface area contributed by atoms with Gasteiger partial charge in [0.1, 0.15) is 5.67 Å². The molecule has 0 saturated carbocycles. The lowest BCUT2D eigenvalue weighted by Gasteiger charge is -2.44. The molecule has 1 aliphatic rings. The minimum atomic E-state index is -1.76. The van der Waals surface area contributed by atoms with Gasteiger partial charge in [0.15, 0.2) is 0 Å². The second kappa shape index (κ2) is 3.84. The Hall–Kier alpha value is -1.46. The molecule has 1 saturated heterocycles. The highest BCUT2D eigenvalue weighted by Gasteiger charge is 2.53. The summed E-state index contributed by atoms with van der Waals surface area (Å²) in [5.41, 5.74) is -1.76. The summed E-state index contributed by atoms with van der Waals surface area (Å²) in [4.78, 5) is 32.8. The van der Waals surface area contributed by atoms with Crippen molar-refractivity contribution in [3.8, 4) is 0 Å². The zero-order valence-corrected chi connectivity index (χ0v) is 9.28. The van der Waals surface area contributed by atoms with Gasteiger partial charge in [-0.15, -0.1) is 0 Å². The van der Waals surface area contributed by atoms with Gasteiger partial charge in [0.2, 0.25) is 11.7 Å². The number of nitrogens with one attached hydrogen (secondary N) is 1. The summed E-state index contributed by atoms with van der Waals surface area (Å²) in [6.07, 6.45) is 0. The summed E-state index contributed by atoms with van der Waals surface area (Å²) in [7, 11) is 0. The van der Waals surface area contributed by atoms with Crippen LogP contribution >= 0.6 is 0 Å². The number of carboxylic acid groups (broad SMARTS) is 1. The quantitative estimate of drug-likeness (QED) is 0.532. The molecule has 2 N–H and O–H groups in total. The standard InChI is InChI=1S/C10H14FNO4/c1-4(7(13)9(15)16)6-5(8(14)12-6)10(2,3)11/h4-6H,1-3H3,(H,12,14)(H,15,16). The van der Waals surface area contributed by atoms with Crippen LogP contribution in [0.2, 0.25) is 0 Å². The van der Waals surface area contributed by atoms with Gasteiger partial charge in [-0.25, -0.2) is 9.18 Å². The van der Waals surface area contributed by atoms with Gasteiger partial charge in [0, 0.05) is 5.92 Å². The first kappa shape index (κ1) is 12.6. The van der Waals surface area contributed by atoms with E-state index in [-0.39, 0.29) is 0 Å². The molecule has 0 aromatic carbocycles. The minimum Gasteiger partial charge on any atom is -0.475 e. The molecular weight excluding hydrogens is 217 g/mol. The van der Waals surface area contributed by atoms with Gasteiger partial charge in [0.25, 0.3) is 0 Å². The first-order valence-electron chi connectivity index (χ1n) is 4.92. The van der Waals surface area contributed by atoms with E-state index in [9.17, 15) is 18.8 Å². The van der Waals surface area contributed by atoms with Crippen molar-refractivity contribution in [2.45, 2.75) is 32.5 Å². The summed E-state index contributed by atoms with van der Waals surface area (Å²) in [5.74, 6) is -4.95. The maximum Gasteiger partial charge on any atom is 0.372 e. The molecule has 0 spiro atoms. The number of carboxylic acids is 1. The van der Waals surface area contributed by atoms with Crippen LogP contribution < -0.4 is 5.32 Å². The Morgan fingerprint density at radius 3 is 2.31 bits per heavy atom. The van der Waals surface area contributed by atoms with Crippen LogP contribution in [-0.2, 0) is 14.4 Å². The molecule has 0 aromatic heterocycles. The Balaban J connectivity index is 2.80. The minimum absolute atomic E-state index is 0.484. The number of ketones is 1. The molecule has 5 nitrogen and oxygen atoms in total. The number of aliphatic carboxylic acids is 1. The number of carbonyl (C=O) groups is 3. The van der Waals surface area contributed by atoms with E-state index in [1.54, 1.807) is 0 Å². The summed E-state index contributed by atoms with van der Waals surface area (Å²) in [6, 6.07) is -0.740. The number of hydrogen-bond donors (Lipinski definition) is 2. The van der Waals surface area contributed by atoms with Gasteiger partial charge in [-0.1, -0.05) is 6.92 Å². The van der Waals surface area contributed by atoms with Gasteiger partial charge in [-0.3, -0.25) is 9.59 Å². The van der Waals surface area contributed by atoms with Gasteiger partial charge in [-0.05, 0) is 13.8 Å². The Bertz CT molecular complexity index is 347.